The van der Waals surface area contributed by atoms with E-state index in [1.54, 1.807) is 13.1 Å². The van der Waals surface area contributed by atoms with Gasteiger partial charge in [-0.25, -0.2) is 0 Å². The SMILES string of the molecule is CC(O)(Cc1ccccn1)c1ccc[nH]1. The van der Waals surface area contributed by atoms with Crippen molar-refractivity contribution in [3.05, 3.63) is 54.1 Å². The second-order valence-corrected chi connectivity index (χ2v) is 3.86. The first kappa shape index (κ1) is 9.93. The number of nitrogens with one attached hydrogen (secondary N) is 1. The molecule has 0 aliphatic carbocycles. The van der Waals surface area contributed by atoms with Gasteiger partial charge in [-0.2, -0.15) is 0 Å². The van der Waals surface area contributed by atoms with E-state index < -0.39 is 5.60 Å². The molecule has 2 aromatic rings. The zero-order valence-corrected chi connectivity index (χ0v) is 8.64. The molecule has 0 spiro atoms. The van der Waals surface area contributed by atoms with Crippen LogP contribution < -0.4 is 0 Å². The highest BCUT2D eigenvalue weighted by atomic mass is 16.3. The van der Waals surface area contributed by atoms with E-state index in [0.29, 0.717) is 6.42 Å². The molecule has 0 saturated carbocycles. The molecule has 0 aliphatic heterocycles. The summed E-state index contributed by atoms with van der Waals surface area (Å²) >= 11 is 0. The first-order chi connectivity index (χ1) is 7.18. The van der Waals surface area contributed by atoms with Gasteiger partial charge in [-0.15, -0.1) is 0 Å². The largest absolute Gasteiger partial charge is 0.384 e. The Labute approximate surface area is 88.8 Å². The summed E-state index contributed by atoms with van der Waals surface area (Å²) in [4.78, 5) is 7.22. The quantitative estimate of drug-likeness (QED) is 0.798. The monoisotopic (exact) mass is 202 g/mol. The lowest BCUT2D eigenvalue weighted by Crippen LogP contribution is -2.25. The number of pyridine rings is 1. The molecule has 0 aliphatic rings. The van der Waals surface area contributed by atoms with Crippen LogP contribution in [0.25, 0.3) is 0 Å². The molecular weight excluding hydrogens is 188 g/mol. The van der Waals surface area contributed by atoms with E-state index >= 15 is 0 Å². The van der Waals surface area contributed by atoms with E-state index in [2.05, 4.69) is 9.97 Å². The number of aromatic amines is 1. The summed E-state index contributed by atoms with van der Waals surface area (Å²) in [5.41, 5.74) is 0.808. The van der Waals surface area contributed by atoms with Gasteiger partial charge in [0.2, 0.25) is 0 Å². The van der Waals surface area contributed by atoms with E-state index in [-0.39, 0.29) is 0 Å². The zero-order valence-electron chi connectivity index (χ0n) is 8.64. The Hall–Kier alpha value is -1.61. The van der Waals surface area contributed by atoms with Gasteiger partial charge in [0.25, 0.3) is 0 Å². The predicted molar refractivity (Wildman–Crippen MR) is 58.3 cm³/mol. The van der Waals surface area contributed by atoms with Crippen molar-refractivity contribution in [2.24, 2.45) is 0 Å². The lowest BCUT2D eigenvalue weighted by atomic mass is 9.96. The molecule has 0 radical (unpaired) electrons. The number of hydrogen-bond donors (Lipinski definition) is 2. The second-order valence-electron chi connectivity index (χ2n) is 3.86. The van der Waals surface area contributed by atoms with Crippen LogP contribution >= 0.6 is 0 Å². The van der Waals surface area contributed by atoms with Crippen LogP contribution in [0, 0.1) is 0 Å². The number of H-pyrrole nitrogens is 1. The number of hydrogen-bond acceptors (Lipinski definition) is 2. The van der Waals surface area contributed by atoms with Crippen LogP contribution in [0.1, 0.15) is 18.3 Å². The Morgan fingerprint density at radius 1 is 1.33 bits per heavy atom. The lowest BCUT2D eigenvalue weighted by molar-refractivity contribution is 0.0525. The summed E-state index contributed by atoms with van der Waals surface area (Å²) in [7, 11) is 0. The maximum Gasteiger partial charge on any atom is 0.107 e. The van der Waals surface area contributed by atoms with Crippen LogP contribution in [-0.2, 0) is 12.0 Å². The van der Waals surface area contributed by atoms with Crippen molar-refractivity contribution in [2.45, 2.75) is 18.9 Å². The van der Waals surface area contributed by atoms with Crippen molar-refractivity contribution in [2.75, 3.05) is 0 Å². The van der Waals surface area contributed by atoms with E-state index in [4.69, 9.17) is 0 Å². The van der Waals surface area contributed by atoms with E-state index in [1.807, 2.05) is 36.5 Å². The lowest BCUT2D eigenvalue weighted by Gasteiger charge is -2.21. The van der Waals surface area contributed by atoms with Crippen molar-refractivity contribution < 1.29 is 5.11 Å². The van der Waals surface area contributed by atoms with E-state index in [1.165, 1.54) is 0 Å². The van der Waals surface area contributed by atoms with Gasteiger partial charge in [0.15, 0.2) is 0 Å². The van der Waals surface area contributed by atoms with Gasteiger partial charge in [0.05, 0.1) is 0 Å². The van der Waals surface area contributed by atoms with Crippen LogP contribution in [-0.4, -0.2) is 15.1 Å². The van der Waals surface area contributed by atoms with Gasteiger partial charge in [-0.05, 0) is 31.2 Å². The van der Waals surface area contributed by atoms with Gasteiger partial charge in [-0.1, -0.05) is 6.07 Å². The molecule has 0 bridgehead atoms. The molecular formula is C12H14N2O. The summed E-state index contributed by atoms with van der Waals surface area (Å²) in [6.07, 6.45) is 4.05. The Bertz CT molecular complexity index is 406. The summed E-state index contributed by atoms with van der Waals surface area (Å²) in [6, 6.07) is 9.46. The summed E-state index contributed by atoms with van der Waals surface area (Å²) in [6.45, 7) is 1.79. The predicted octanol–water partition coefficient (Wildman–Crippen LogP) is 1.86. The maximum absolute atomic E-state index is 10.3. The Balaban J connectivity index is 2.18. The fourth-order valence-electron chi connectivity index (χ4n) is 1.62. The highest BCUT2D eigenvalue weighted by Crippen LogP contribution is 2.22. The molecule has 3 heteroatoms. The third-order valence-corrected chi connectivity index (χ3v) is 2.43. The molecule has 2 rings (SSSR count). The summed E-state index contributed by atoms with van der Waals surface area (Å²) < 4.78 is 0. The number of aliphatic hydroxyl groups is 1. The average molecular weight is 202 g/mol. The summed E-state index contributed by atoms with van der Waals surface area (Å²) in [5, 5.41) is 10.3. The van der Waals surface area contributed by atoms with Gasteiger partial charge >= 0.3 is 0 Å². The fraction of sp³-hybridized carbons (Fsp3) is 0.250. The minimum Gasteiger partial charge on any atom is -0.384 e. The molecule has 15 heavy (non-hydrogen) atoms. The molecule has 0 aromatic carbocycles. The molecule has 0 amide bonds. The molecule has 2 N–H and O–H groups in total. The molecule has 2 aromatic heterocycles. The van der Waals surface area contributed by atoms with Crippen LogP contribution in [0.3, 0.4) is 0 Å². The fourth-order valence-corrected chi connectivity index (χ4v) is 1.62. The van der Waals surface area contributed by atoms with Crippen molar-refractivity contribution in [3.63, 3.8) is 0 Å². The van der Waals surface area contributed by atoms with Crippen molar-refractivity contribution in [3.8, 4) is 0 Å². The van der Waals surface area contributed by atoms with Gasteiger partial charge in [0, 0.05) is 30.2 Å². The minimum atomic E-state index is -0.891. The first-order valence-electron chi connectivity index (χ1n) is 4.95. The highest BCUT2D eigenvalue weighted by molar-refractivity contribution is 5.16. The Morgan fingerprint density at radius 3 is 2.80 bits per heavy atom. The Morgan fingerprint density at radius 2 is 2.20 bits per heavy atom. The smallest absolute Gasteiger partial charge is 0.107 e. The number of nitrogens with zero attached hydrogens (tertiary/aromatic N) is 1. The van der Waals surface area contributed by atoms with E-state index in [0.717, 1.165) is 11.4 Å². The maximum atomic E-state index is 10.3. The standard InChI is InChI=1S/C12H14N2O/c1-12(15,11-6-4-8-14-11)9-10-5-2-3-7-13-10/h2-8,14-15H,9H2,1H3. The van der Waals surface area contributed by atoms with Crippen LogP contribution in [0.2, 0.25) is 0 Å². The van der Waals surface area contributed by atoms with Crippen LogP contribution in [0.4, 0.5) is 0 Å². The molecule has 1 atom stereocenters. The van der Waals surface area contributed by atoms with Crippen molar-refractivity contribution in [1.29, 1.82) is 0 Å². The summed E-state index contributed by atoms with van der Waals surface area (Å²) in [5.74, 6) is 0. The minimum absolute atomic E-state index is 0.508. The highest BCUT2D eigenvalue weighted by Gasteiger charge is 2.24. The average Bonchev–Trinajstić information content (AvgIpc) is 2.71. The second kappa shape index (κ2) is 3.87. The van der Waals surface area contributed by atoms with Gasteiger partial charge < -0.3 is 10.1 Å². The molecule has 3 nitrogen and oxygen atoms in total. The van der Waals surface area contributed by atoms with Gasteiger partial charge in [-0.3, -0.25) is 4.98 Å². The van der Waals surface area contributed by atoms with Crippen LogP contribution in [0.5, 0.6) is 0 Å². The molecule has 2 heterocycles. The number of aromatic nitrogens is 2. The topological polar surface area (TPSA) is 48.9 Å². The van der Waals surface area contributed by atoms with Gasteiger partial charge in [0.1, 0.15) is 5.60 Å². The molecule has 1 unspecified atom stereocenters. The first-order valence-corrected chi connectivity index (χ1v) is 4.95. The van der Waals surface area contributed by atoms with Crippen molar-refractivity contribution >= 4 is 0 Å². The third kappa shape index (κ3) is 2.25. The van der Waals surface area contributed by atoms with Crippen molar-refractivity contribution in [1.82, 2.24) is 9.97 Å². The molecule has 0 saturated heterocycles. The number of rotatable bonds is 3. The van der Waals surface area contributed by atoms with Crippen LogP contribution in [0.15, 0.2) is 42.7 Å². The Kier molecular flexibility index (Phi) is 2.56. The molecule has 78 valence electrons. The zero-order chi connectivity index (χ0) is 10.7. The third-order valence-electron chi connectivity index (χ3n) is 2.43. The van der Waals surface area contributed by atoms with E-state index in [9.17, 15) is 5.11 Å². The molecule has 0 fully saturated rings. The normalized spacial score (nSPS) is 14.8.